The molecule has 0 radical (unpaired) electrons. The van der Waals surface area contributed by atoms with E-state index in [0.29, 0.717) is 17.1 Å². The lowest BCUT2D eigenvalue weighted by atomic mass is 10.0. The largest absolute Gasteiger partial charge is 0.497 e. The van der Waals surface area contributed by atoms with Crippen LogP contribution in [0.2, 0.25) is 0 Å². The Kier molecular flexibility index (Phi) is 9.29. The molecule has 0 aromatic heterocycles. The van der Waals surface area contributed by atoms with Crippen LogP contribution in [0, 0.1) is 5.92 Å². The van der Waals surface area contributed by atoms with Crippen molar-refractivity contribution in [2.24, 2.45) is 5.92 Å². The van der Waals surface area contributed by atoms with E-state index in [4.69, 9.17) is 9.47 Å². The van der Waals surface area contributed by atoms with Crippen LogP contribution in [0.4, 0.5) is 5.69 Å². The normalized spacial score (nSPS) is 19.6. The summed E-state index contributed by atoms with van der Waals surface area (Å²) in [6.07, 6.45) is 0.389. The molecular weight excluding hydrogens is 534 g/mol. The Balaban J connectivity index is 1.98. The van der Waals surface area contributed by atoms with Gasteiger partial charge in [0.25, 0.3) is 10.0 Å². The highest BCUT2D eigenvalue weighted by atomic mass is 32.2. The van der Waals surface area contributed by atoms with Gasteiger partial charge in [-0.15, -0.1) is 0 Å². The number of nitrogens with one attached hydrogen (secondary N) is 1. The Labute approximate surface area is 224 Å². The van der Waals surface area contributed by atoms with E-state index in [0.717, 1.165) is 6.26 Å². The molecule has 13 heteroatoms. The number of amides is 1. The first-order valence-corrected chi connectivity index (χ1v) is 15.4. The van der Waals surface area contributed by atoms with Crippen LogP contribution in [-0.2, 0) is 31.3 Å². The second-order valence-corrected chi connectivity index (χ2v) is 13.3. The molecule has 3 atom stereocenters. The second kappa shape index (κ2) is 11.9. The molecule has 1 aliphatic heterocycles. The van der Waals surface area contributed by atoms with Crippen LogP contribution >= 0.6 is 0 Å². The Morgan fingerprint density at radius 2 is 1.84 bits per heavy atom. The Morgan fingerprint density at radius 1 is 1.18 bits per heavy atom. The summed E-state index contributed by atoms with van der Waals surface area (Å²) in [5.74, 6) is 0.318. The molecule has 1 aliphatic rings. The van der Waals surface area contributed by atoms with Crippen LogP contribution in [0.25, 0.3) is 0 Å². The summed E-state index contributed by atoms with van der Waals surface area (Å²) in [7, 11) is -4.48. The second-order valence-electron chi connectivity index (χ2n) is 9.54. The number of nitrogens with zero attached hydrogens (tertiary/aromatic N) is 2. The molecule has 3 rings (SSSR count). The maximum absolute atomic E-state index is 13.3. The van der Waals surface area contributed by atoms with E-state index in [2.05, 4.69) is 4.72 Å². The Morgan fingerprint density at radius 3 is 2.42 bits per heavy atom. The smallest absolute Gasteiger partial charge is 0.261 e. The number of anilines is 1. The van der Waals surface area contributed by atoms with Crippen LogP contribution in [-0.4, -0.2) is 89.3 Å². The fourth-order valence-corrected chi connectivity index (χ4v) is 5.54. The van der Waals surface area contributed by atoms with E-state index >= 15 is 0 Å². The molecule has 1 heterocycles. The van der Waals surface area contributed by atoms with Gasteiger partial charge in [-0.2, -0.15) is 0 Å². The van der Waals surface area contributed by atoms with Gasteiger partial charge < -0.3 is 19.5 Å². The van der Waals surface area contributed by atoms with Crippen LogP contribution in [0.3, 0.4) is 0 Å². The van der Waals surface area contributed by atoms with Gasteiger partial charge >= 0.3 is 0 Å². The predicted molar refractivity (Wildman–Crippen MR) is 143 cm³/mol. The number of likely N-dealkylation sites (N-methyl/N-ethyl adjacent to an activating group) is 1. The van der Waals surface area contributed by atoms with E-state index in [1.54, 1.807) is 17.9 Å². The number of ether oxygens (including phenoxy) is 2. The number of rotatable bonds is 9. The molecule has 0 aliphatic carbocycles. The first-order valence-electron chi connectivity index (χ1n) is 12.0. The summed E-state index contributed by atoms with van der Waals surface area (Å²) >= 11 is 0. The first-order chi connectivity index (χ1) is 17.7. The van der Waals surface area contributed by atoms with E-state index in [1.807, 2.05) is 6.92 Å². The third-order valence-corrected chi connectivity index (χ3v) is 9.22. The van der Waals surface area contributed by atoms with Gasteiger partial charge in [-0.3, -0.25) is 9.52 Å². The fraction of sp³-hybridized carbons (Fsp3) is 0.480. The number of carbonyl (C=O) groups excluding carboxylic acids is 1. The summed E-state index contributed by atoms with van der Waals surface area (Å²) in [4.78, 5) is 14.9. The van der Waals surface area contributed by atoms with Crippen molar-refractivity contribution < 1.29 is 36.2 Å². The molecule has 0 bridgehead atoms. The minimum atomic E-state index is -3.93. The number of benzene rings is 2. The molecule has 2 aromatic carbocycles. The molecule has 0 unspecified atom stereocenters. The van der Waals surface area contributed by atoms with Crippen molar-refractivity contribution in [1.29, 1.82) is 0 Å². The molecule has 11 nitrogen and oxygen atoms in total. The fourth-order valence-electron chi connectivity index (χ4n) is 4.07. The van der Waals surface area contributed by atoms with Crippen molar-refractivity contribution >= 4 is 31.6 Å². The summed E-state index contributed by atoms with van der Waals surface area (Å²) in [5, 5.41) is 9.75. The number of aliphatic hydroxyl groups excluding tert-OH is 1. The van der Waals surface area contributed by atoms with Crippen LogP contribution in [0.5, 0.6) is 11.5 Å². The maximum Gasteiger partial charge on any atom is 0.261 e. The monoisotopic (exact) mass is 569 g/mol. The topological polar surface area (TPSA) is 143 Å². The standard InChI is InChI=1S/C25H35N3O8S2/c1-17-14-28(18(2)16-29)25(30)13-19-12-20(26-38(33,34)22-9-7-21(35-4)8-10-22)6-11-23(19)36-24(17)15-27(3)37(5,31)32/h6-12,17-18,24,26,29H,13-16H2,1-5H3/t17-,18-,24+/m0/s1. The molecule has 0 fully saturated rings. The molecule has 1 amide bonds. The van der Waals surface area contributed by atoms with Crippen molar-refractivity contribution in [3.63, 3.8) is 0 Å². The minimum Gasteiger partial charge on any atom is -0.497 e. The number of methoxy groups -OCH3 is 1. The number of hydrogen-bond acceptors (Lipinski definition) is 8. The zero-order chi connectivity index (χ0) is 28.3. The van der Waals surface area contributed by atoms with E-state index in [-0.39, 0.29) is 48.5 Å². The molecule has 0 saturated carbocycles. The Bertz CT molecular complexity index is 1350. The lowest BCUT2D eigenvalue weighted by Gasteiger charge is -2.33. The summed E-state index contributed by atoms with van der Waals surface area (Å²) < 4.78 is 65.1. The SMILES string of the molecule is COc1ccc(S(=O)(=O)Nc2ccc3c(c2)CC(=O)N([C@@H](C)CO)C[C@H](C)[C@@H](CN(C)S(C)(=O)=O)O3)cc1. The van der Waals surface area contributed by atoms with Crippen molar-refractivity contribution in [2.75, 3.05) is 44.8 Å². The van der Waals surface area contributed by atoms with E-state index < -0.39 is 32.2 Å². The third kappa shape index (κ3) is 7.16. The predicted octanol–water partition coefficient (Wildman–Crippen LogP) is 1.54. The number of carbonyl (C=O) groups is 1. The molecule has 0 spiro atoms. The summed E-state index contributed by atoms with van der Waals surface area (Å²) in [6.45, 7) is 3.62. The highest BCUT2D eigenvalue weighted by Crippen LogP contribution is 2.30. The molecular formula is C25H35N3O8S2. The van der Waals surface area contributed by atoms with Crippen molar-refractivity contribution in [2.45, 2.75) is 37.3 Å². The molecule has 2 N–H and O–H groups in total. The van der Waals surface area contributed by atoms with Gasteiger partial charge in [-0.1, -0.05) is 6.92 Å². The minimum absolute atomic E-state index is 0.0369. The number of aliphatic hydroxyl groups is 1. The van der Waals surface area contributed by atoms with Gasteiger partial charge in [-0.25, -0.2) is 21.1 Å². The number of sulfonamides is 2. The molecule has 210 valence electrons. The average molecular weight is 570 g/mol. The van der Waals surface area contributed by atoms with E-state index in [9.17, 15) is 26.7 Å². The maximum atomic E-state index is 13.3. The first kappa shape index (κ1) is 29.7. The highest BCUT2D eigenvalue weighted by molar-refractivity contribution is 7.92. The third-order valence-electron chi connectivity index (χ3n) is 6.54. The molecule has 0 saturated heterocycles. The van der Waals surface area contributed by atoms with Crippen molar-refractivity contribution in [3.05, 3.63) is 48.0 Å². The van der Waals surface area contributed by atoms with E-state index in [1.165, 1.54) is 54.9 Å². The lowest BCUT2D eigenvalue weighted by molar-refractivity contribution is -0.134. The van der Waals surface area contributed by atoms with Gasteiger partial charge in [0, 0.05) is 30.8 Å². The van der Waals surface area contributed by atoms with Crippen LogP contribution in [0.1, 0.15) is 19.4 Å². The quantitative estimate of drug-likeness (QED) is 0.463. The van der Waals surface area contributed by atoms with Gasteiger partial charge in [0.05, 0.1) is 43.9 Å². The average Bonchev–Trinajstić information content (AvgIpc) is 2.90. The zero-order valence-corrected chi connectivity index (χ0v) is 23.8. The van der Waals surface area contributed by atoms with Crippen molar-refractivity contribution in [1.82, 2.24) is 9.21 Å². The Hall–Kier alpha value is -2.87. The summed E-state index contributed by atoms with van der Waals surface area (Å²) in [5.41, 5.74) is 0.663. The summed E-state index contributed by atoms with van der Waals surface area (Å²) in [6, 6.07) is 10.1. The van der Waals surface area contributed by atoms with Crippen LogP contribution in [0.15, 0.2) is 47.4 Å². The van der Waals surface area contributed by atoms with Gasteiger partial charge in [0.1, 0.15) is 17.6 Å². The molecule has 38 heavy (non-hydrogen) atoms. The highest BCUT2D eigenvalue weighted by Gasteiger charge is 2.32. The number of fused-ring (bicyclic) bond motifs is 1. The van der Waals surface area contributed by atoms with Crippen molar-refractivity contribution in [3.8, 4) is 11.5 Å². The lowest BCUT2D eigenvalue weighted by Crippen LogP contribution is -2.48. The van der Waals surface area contributed by atoms with Gasteiger partial charge in [0.15, 0.2) is 0 Å². The number of hydrogen-bond donors (Lipinski definition) is 2. The molecule has 2 aromatic rings. The zero-order valence-electron chi connectivity index (χ0n) is 22.1. The van der Waals surface area contributed by atoms with Crippen LogP contribution < -0.4 is 14.2 Å². The van der Waals surface area contributed by atoms with Gasteiger partial charge in [0.2, 0.25) is 15.9 Å². The van der Waals surface area contributed by atoms with Gasteiger partial charge in [-0.05, 0) is 49.4 Å².